The van der Waals surface area contributed by atoms with Crippen LogP contribution in [0.5, 0.6) is 0 Å². The van der Waals surface area contributed by atoms with E-state index in [1.807, 2.05) is 32.0 Å². The van der Waals surface area contributed by atoms with Gasteiger partial charge in [0, 0.05) is 12.2 Å². The number of carbonyl (C=O) groups is 1. The minimum Gasteiger partial charge on any atom is -0.311 e. The topological polar surface area (TPSA) is 85.7 Å². The Bertz CT molecular complexity index is 1040. The summed E-state index contributed by atoms with van der Waals surface area (Å²) in [7, 11) is 0. The van der Waals surface area contributed by atoms with Gasteiger partial charge in [-0.1, -0.05) is 30.0 Å². The Morgan fingerprint density at radius 1 is 1.24 bits per heavy atom. The number of hydrogen-bond acceptors (Lipinski definition) is 5. The molecule has 29 heavy (non-hydrogen) atoms. The standard InChI is InChI=1S/C21H20FN5OS/c1-14-10-15(2)12-16(11-14)27(9-5-8-23)19(28)13-29-21-24-20(25-26-21)17-6-3-4-7-18(17)22/h3-4,6-7,10-12H,5,9,13H2,1-2H3,(H,24,25,26). The zero-order chi connectivity index (χ0) is 20.8. The van der Waals surface area contributed by atoms with Crippen LogP contribution < -0.4 is 4.90 Å². The molecule has 0 unspecified atom stereocenters. The summed E-state index contributed by atoms with van der Waals surface area (Å²) in [4.78, 5) is 18.7. The van der Waals surface area contributed by atoms with Gasteiger partial charge in [-0.05, 0) is 49.2 Å². The third-order valence-electron chi connectivity index (χ3n) is 4.19. The van der Waals surface area contributed by atoms with E-state index in [-0.39, 0.29) is 18.1 Å². The van der Waals surface area contributed by atoms with E-state index in [1.165, 1.54) is 6.07 Å². The first-order chi connectivity index (χ1) is 14.0. The fourth-order valence-corrected chi connectivity index (χ4v) is 3.63. The molecule has 0 aliphatic carbocycles. The first-order valence-electron chi connectivity index (χ1n) is 9.03. The molecule has 0 aliphatic heterocycles. The highest BCUT2D eigenvalue weighted by atomic mass is 32.2. The first-order valence-corrected chi connectivity index (χ1v) is 10.0. The summed E-state index contributed by atoms with van der Waals surface area (Å²) >= 11 is 1.16. The van der Waals surface area contributed by atoms with Gasteiger partial charge in [0.05, 0.1) is 23.8 Å². The summed E-state index contributed by atoms with van der Waals surface area (Å²) in [6.45, 7) is 4.25. The lowest BCUT2D eigenvalue weighted by molar-refractivity contribution is -0.116. The number of H-pyrrole nitrogens is 1. The number of rotatable bonds is 7. The smallest absolute Gasteiger partial charge is 0.237 e. The van der Waals surface area contributed by atoms with Gasteiger partial charge < -0.3 is 4.90 Å². The van der Waals surface area contributed by atoms with Crippen LogP contribution in [0.25, 0.3) is 11.4 Å². The van der Waals surface area contributed by atoms with Crippen molar-refractivity contribution in [2.24, 2.45) is 0 Å². The van der Waals surface area contributed by atoms with Crippen molar-refractivity contribution in [1.82, 2.24) is 15.2 Å². The molecule has 0 spiro atoms. The number of aryl methyl sites for hydroxylation is 2. The van der Waals surface area contributed by atoms with Gasteiger partial charge in [-0.3, -0.25) is 9.89 Å². The Balaban J connectivity index is 1.72. The van der Waals surface area contributed by atoms with Crippen molar-refractivity contribution in [3.63, 3.8) is 0 Å². The van der Waals surface area contributed by atoms with E-state index in [1.54, 1.807) is 23.1 Å². The maximum atomic E-state index is 13.9. The number of nitriles is 1. The van der Waals surface area contributed by atoms with Gasteiger partial charge in [0.2, 0.25) is 11.1 Å². The van der Waals surface area contributed by atoms with Crippen molar-refractivity contribution in [2.45, 2.75) is 25.4 Å². The van der Waals surface area contributed by atoms with Crippen LogP contribution in [0, 0.1) is 31.0 Å². The van der Waals surface area contributed by atoms with E-state index < -0.39 is 5.82 Å². The monoisotopic (exact) mass is 409 g/mol. The zero-order valence-corrected chi connectivity index (χ0v) is 17.0. The predicted molar refractivity (Wildman–Crippen MR) is 111 cm³/mol. The molecular formula is C21H20FN5OS. The van der Waals surface area contributed by atoms with Crippen LogP contribution in [0.1, 0.15) is 17.5 Å². The summed E-state index contributed by atoms with van der Waals surface area (Å²) in [5, 5.41) is 16.1. The second-order valence-electron chi connectivity index (χ2n) is 6.53. The minimum absolute atomic E-state index is 0.104. The number of aromatic amines is 1. The summed E-state index contributed by atoms with van der Waals surface area (Å²) in [6.07, 6.45) is 0.238. The van der Waals surface area contributed by atoms with E-state index in [4.69, 9.17) is 5.26 Å². The van der Waals surface area contributed by atoms with Crippen LogP contribution in [-0.2, 0) is 4.79 Å². The number of anilines is 1. The lowest BCUT2D eigenvalue weighted by Crippen LogP contribution is -2.33. The molecule has 1 N–H and O–H groups in total. The Morgan fingerprint density at radius 2 is 1.97 bits per heavy atom. The van der Waals surface area contributed by atoms with Gasteiger partial charge in [-0.2, -0.15) is 5.26 Å². The van der Waals surface area contributed by atoms with Crippen LogP contribution in [0.2, 0.25) is 0 Å². The van der Waals surface area contributed by atoms with E-state index in [0.717, 1.165) is 28.6 Å². The van der Waals surface area contributed by atoms with Gasteiger partial charge in [-0.25, -0.2) is 9.37 Å². The number of benzene rings is 2. The molecule has 0 aliphatic rings. The molecule has 6 nitrogen and oxygen atoms in total. The van der Waals surface area contributed by atoms with Gasteiger partial charge in [0.15, 0.2) is 5.82 Å². The third kappa shape index (κ3) is 5.21. The minimum atomic E-state index is -0.395. The molecule has 3 rings (SSSR count). The molecule has 0 radical (unpaired) electrons. The number of aromatic nitrogens is 3. The fraction of sp³-hybridized carbons (Fsp3) is 0.238. The molecular weight excluding hydrogens is 389 g/mol. The van der Waals surface area contributed by atoms with E-state index in [0.29, 0.717) is 23.1 Å². The van der Waals surface area contributed by atoms with E-state index in [2.05, 4.69) is 21.3 Å². The maximum absolute atomic E-state index is 13.9. The molecule has 0 saturated heterocycles. The normalized spacial score (nSPS) is 10.6. The molecule has 0 fully saturated rings. The Kier molecular flexibility index (Phi) is 6.62. The molecule has 0 atom stereocenters. The van der Waals surface area contributed by atoms with Crippen molar-refractivity contribution in [3.8, 4) is 17.5 Å². The average Bonchev–Trinajstić information content (AvgIpc) is 3.15. The molecule has 1 aromatic heterocycles. The Labute approximate surface area is 172 Å². The molecule has 8 heteroatoms. The first kappa shape index (κ1) is 20.6. The maximum Gasteiger partial charge on any atom is 0.237 e. The Hall–Kier alpha value is -3.18. The van der Waals surface area contributed by atoms with Crippen molar-refractivity contribution in [2.75, 3.05) is 17.2 Å². The van der Waals surface area contributed by atoms with Crippen LogP contribution in [0.3, 0.4) is 0 Å². The van der Waals surface area contributed by atoms with Gasteiger partial charge in [-0.15, -0.1) is 5.10 Å². The predicted octanol–water partition coefficient (Wildman–Crippen LogP) is 4.27. The number of carbonyl (C=O) groups excluding carboxylic acids is 1. The molecule has 1 heterocycles. The lowest BCUT2D eigenvalue weighted by atomic mass is 10.1. The van der Waals surface area contributed by atoms with Crippen LogP contribution in [0.15, 0.2) is 47.6 Å². The molecule has 3 aromatic rings. The zero-order valence-electron chi connectivity index (χ0n) is 16.1. The summed E-state index contributed by atoms with van der Waals surface area (Å²) in [5.41, 5.74) is 3.19. The van der Waals surface area contributed by atoms with Crippen molar-refractivity contribution >= 4 is 23.4 Å². The SMILES string of the molecule is Cc1cc(C)cc(N(CCC#N)C(=O)CSc2n[nH]c(-c3ccccc3F)n2)c1. The quantitative estimate of drug-likeness (QED) is 0.589. The lowest BCUT2D eigenvalue weighted by Gasteiger charge is -2.22. The molecule has 0 bridgehead atoms. The molecule has 0 saturated carbocycles. The highest BCUT2D eigenvalue weighted by Crippen LogP contribution is 2.24. The van der Waals surface area contributed by atoms with E-state index in [9.17, 15) is 9.18 Å². The molecule has 1 amide bonds. The van der Waals surface area contributed by atoms with Crippen molar-refractivity contribution in [3.05, 3.63) is 59.4 Å². The van der Waals surface area contributed by atoms with Gasteiger partial charge in [0.25, 0.3) is 0 Å². The highest BCUT2D eigenvalue weighted by molar-refractivity contribution is 7.99. The number of thioether (sulfide) groups is 1. The molecule has 2 aromatic carbocycles. The number of halogens is 1. The molecule has 148 valence electrons. The number of amides is 1. The second-order valence-corrected chi connectivity index (χ2v) is 7.48. The van der Waals surface area contributed by atoms with Crippen molar-refractivity contribution < 1.29 is 9.18 Å². The van der Waals surface area contributed by atoms with Crippen LogP contribution >= 0.6 is 11.8 Å². The van der Waals surface area contributed by atoms with Crippen LogP contribution in [-0.4, -0.2) is 33.4 Å². The third-order valence-corrected chi connectivity index (χ3v) is 5.02. The summed E-state index contributed by atoms with van der Waals surface area (Å²) in [5.74, 6) is -0.123. The number of nitrogens with one attached hydrogen (secondary N) is 1. The summed E-state index contributed by atoms with van der Waals surface area (Å²) in [6, 6.07) is 14.3. The summed E-state index contributed by atoms with van der Waals surface area (Å²) < 4.78 is 13.9. The highest BCUT2D eigenvalue weighted by Gasteiger charge is 2.18. The largest absolute Gasteiger partial charge is 0.311 e. The second kappa shape index (κ2) is 9.34. The van der Waals surface area contributed by atoms with E-state index >= 15 is 0 Å². The number of nitrogens with zero attached hydrogens (tertiary/aromatic N) is 4. The van der Waals surface area contributed by atoms with Gasteiger partial charge in [0.1, 0.15) is 5.82 Å². The van der Waals surface area contributed by atoms with Gasteiger partial charge >= 0.3 is 0 Å². The Morgan fingerprint density at radius 3 is 2.66 bits per heavy atom. The van der Waals surface area contributed by atoms with Crippen molar-refractivity contribution in [1.29, 1.82) is 5.26 Å². The van der Waals surface area contributed by atoms with Crippen LogP contribution in [0.4, 0.5) is 10.1 Å². The number of hydrogen-bond donors (Lipinski definition) is 1. The average molecular weight is 409 g/mol. The fourth-order valence-electron chi connectivity index (χ4n) is 2.95.